The number of carboxylic acid groups (broad SMARTS) is 1. The molecule has 0 aromatic heterocycles. The van der Waals surface area contributed by atoms with Crippen LogP contribution in [0.4, 0.5) is 0 Å². The highest BCUT2D eigenvalue weighted by molar-refractivity contribution is 7.89. The van der Waals surface area contributed by atoms with E-state index in [0.717, 1.165) is 0 Å². The van der Waals surface area contributed by atoms with E-state index in [4.69, 9.17) is 21.4 Å². The van der Waals surface area contributed by atoms with Crippen molar-refractivity contribution in [2.24, 2.45) is 5.92 Å². The smallest absolute Gasteiger partial charge is 0.307 e. The molecule has 2 unspecified atom stereocenters. The Morgan fingerprint density at radius 2 is 2.09 bits per heavy atom. The maximum atomic E-state index is 12.8. The SMILES string of the molecule is COc1cc(S(=O)(=O)N2CC(C(=O)O)CCC2C)ccc1Cl. The Hall–Kier alpha value is -1.31. The number of carbonyl (C=O) groups is 1. The number of benzene rings is 1. The lowest BCUT2D eigenvalue weighted by molar-refractivity contribution is -0.143. The number of hydrogen-bond donors (Lipinski definition) is 1. The van der Waals surface area contributed by atoms with Crippen molar-refractivity contribution in [1.29, 1.82) is 0 Å². The van der Waals surface area contributed by atoms with E-state index >= 15 is 0 Å². The third-order valence-electron chi connectivity index (χ3n) is 3.90. The molecule has 2 atom stereocenters. The van der Waals surface area contributed by atoms with Gasteiger partial charge in [-0.25, -0.2) is 8.42 Å². The zero-order chi connectivity index (χ0) is 16.5. The standard InChI is InChI=1S/C14H18ClNO5S/c1-9-3-4-10(14(17)18)8-16(9)22(19,20)11-5-6-12(15)13(7-11)21-2/h5-7,9-10H,3-4,8H2,1-2H3,(H,17,18). The van der Waals surface area contributed by atoms with Crippen LogP contribution in [0, 0.1) is 5.92 Å². The summed E-state index contributed by atoms with van der Waals surface area (Å²) in [5.41, 5.74) is 0. The van der Waals surface area contributed by atoms with Gasteiger partial charge in [-0.05, 0) is 31.9 Å². The second-order valence-electron chi connectivity index (χ2n) is 5.33. The first-order chi connectivity index (χ1) is 10.3. The highest BCUT2D eigenvalue weighted by Crippen LogP contribution is 2.32. The number of rotatable bonds is 4. The number of halogens is 1. The van der Waals surface area contributed by atoms with Crippen molar-refractivity contribution in [3.63, 3.8) is 0 Å². The van der Waals surface area contributed by atoms with Gasteiger partial charge in [0.15, 0.2) is 0 Å². The minimum atomic E-state index is -3.80. The molecular formula is C14H18ClNO5S. The van der Waals surface area contributed by atoms with Crippen LogP contribution in [-0.2, 0) is 14.8 Å². The molecule has 0 radical (unpaired) electrons. The number of nitrogens with zero attached hydrogens (tertiary/aromatic N) is 1. The average Bonchev–Trinajstić information content (AvgIpc) is 2.47. The predicted octanol–water partition coefficient (Wildman–Crippen LogP) is 2.22. The summed E-state index contributed by atoms with van der Waals surface area (Å²) in [5.74, 6) is -1.39. The molecule has 0 amide bonds. The van der Waals surface area contributed by atoms with E-state index in [0.29, 0.717) is 17.9 Å². The molecule has 0 bridgehead atoms. The van der Waals surface area contributed by atoms with Gasteiger partial charge in [0.2, 0.25) is 10.0 Å². The number of aliphatic carboxylic acids is 1. The van der Waals surface area contributed by atoms with E-state index in [-0.39, 0.29) is 23.2 Å². The maximum absolute atomic E-state index is 12.8. The average molecular weight is 348 g/mol. The number of methoxy groups -OCH3 is 1. The topological polar surface area (TPSA) is 83.9 Å². The first kappa shape index (κ1) is 17.1. The molecule has 1 aromatic rings. The minimum absolute atomic E-state index is 0.0240. The Morgan fingerprint density at radius 1 is 1.41 bits per heavy atom. The lowest BCUT2D eigenvalue weighted by atomic mass is 9.96. The zero-order valence-corrected chi connectivity index (χ0v) is 13.9. The lowest BCUT2D eigenvalue weighted by Gasteiger charge is -2.35. The Morgan fingerprint density at radius 3 is 2.68 bits per heavy atom. The van der Waals surface area contributed by atoms with Crippen LogP contribution in [-0.4, -0.2) is 43.5 Å². The van der Waals surface area contributed by atoms with E-state index in [1.807, 2.05) is 0 Å². The molecule has 1 N–H and O–H groups in total. The van der Waals surface area contributed by atoms with Crippen LogP contribution >= 0.6 is 11.6 Å². The van der Waals surface area contributed by atoms with Crippen molar-refractivity contribution in [3.8, 4) is 5.75 Å². The van der Waals surface area contributed by atoms with Gasteiger partial charge >= 0.3 is 5.97 Å². The quantitative estimate of drug-likeness (QED) is 0.902. The summed E-state index contributed by atoms with van der Waals surface area (Å²) in [4.78, 5) is 11.2. The van der Waals surface area contributed by atoms with Crippen molar-refractivity contribution in [3.05, 3.63) is 23.2 Å². The minimum Gasteiger partial charge on any atom is -0.495 e. The first-order valence-electron chi connectivity index (χ1n) is 6.85. The molecule has 1 fully saturated rings. The zero-order valence-electron chi connectivity index (χ0n) is 12.3. The van der Waals surface area contributed by atoms with E-state index in [1.165, 1.54) is 29.6 Å². The highest BCUT2D eigenvalue weighted by Gasteiger charge is 2.37. The first-order valence-corrected chi connectivity index (χ1v) is 8.67. The summed E-state index contributed by atoms with van der Waals surface area (Å²) >= 11 is 5.91. The Balaban J connectivity index is 2.38. The fourth-order valence-electron chi connectivity index (χ4n) is 2.55. The van der Waals surface area contributed by atoms with Crippen LogP contribution in [0.1, 0.15) is 19.8 Å². The maximum Gasteiger partial charge on any atom is 0.307 e. The summed E-state index contributed by atoms with van der Waals surface area (Å²) < 4.78 is 31.9. The van der Waals surface area contributed by atoms with Crippen LogP contribution in [0.2, 0.25) is 5.02 Å². The predicted molar refractivity (Wildman–Crippen MR) is 81.7 cm³/mol. The molecule has 1 heterocycles. The van der Waals surface area contributed by atoms with E-state index in [1.54, 1.807) is 6.92 Å². The van der Waals surface area contributed by atoms with Crippen molar-refractivity contribution >= 4 is 27.6 Å². The largest absolute Gasteiger partial charge is 0.495 e. The van der Waals surface area contributed by atoms with Gasteiger partial charge in [-0.3, -0.25) is 4.79 Å². The van der Waals surface area contributed by atoms with Gasteiger partial charge in [0.05, 0.1) is 22.9 Å². The number of hydrogen-bond acceptors (Lipinski definition) is 4. The van der Waals surface area contributed by atoms with Crippen molar-refractivity contribution < 1.29 is 23.1 Å². The molecule has 8 heteroatoms. The summed E-state index contributed by atoms with van der Waals surface area (Å²) in [7, 11) is -2.39. The summed E-state index contributed by atoms with van der Waals surface area (Å²) in [6.07, 6.45) is 0.993. The van der Waals surface area contributed by atoms with E-state index < -0.39 is 21.9 Å². The molecule has 2 rings (SSSR count). The summed E-state index contributed by atoms with van der Waals surface area (Å²) in [5, 5.41) is 9.45. The van der Waals surface area contributed by atoms with Crippen LogP contribution in [0.5, 0.6) is 5.75 Å². The van der Waals surface area contributed by atoms with E-state index in [9.17, 15) is 13.2 Å². The molecule has 1 aromatic carbocycles. The van der Waals surface area contributed by atoms with Gasteiger partial charge < -0.3 is 9.84 Å². The fraction of sp³-hybridized carbons (Fsp3) is 0.500. The molecule has 1 saturated heterocycles. The molecule has 0 spiro atoms. The van der Waals surface area contributed by atoms with Gasteiger partial charge in [-0.15, -0.1) is 0 Å². The molecule has 122 valence electrons. The van der Waals surface area contributed by atoms with Crippen molar-refractivity contribution in [1.82, 2.24) is 4.31 Å². The van der Waals surface area contributed by atoms with Gasteiger partial charge in [-0.1, -0.05) is 11.6 Å². The monoisotopic (exact) mass is 347 g/mol. The van der Waals surface area contributed by atoms with Crippen LogP contribution < -0.4 is 4.74 Å². The second kappa shape index (κ2) is 6.44. The lowest BCUT2D eigenvalue weighted by Crippen LogP contribution is -2.47. The van der Waals surface area contributed by atoms with Gasteiger partial charge in [0.1, 0.15) is 5.75 Å². The Kier molecular flexibility index (Phi) is 4.99. The van der Waals surface area contributed by atoms with Crippen molar-refractivity contribution in [2.45, 2.75) is 30.7 Å². The van der Waals surface area contributed by atoms with Crippen LogP contribution in [0.25, 0.3) is 0 Å². The number of sulfonamides is 1. The summed E-state index contributed by atoms with van der Waals surface area (Å²) in [6.45, 7) is 1.76. The van der Waals surface area contributed by atoms with Gasteiger partial charge in [0, 0.05) is 18.7 Å². The highest BCUT2D eigenvalue weighted by atomic mass is 35.5. The van der Waals surface area contributed by atoms with Crippen LogP contribution in [0.3, 0.4) is 0 Å². The van der Waals surface area contributed by atoms with Gasteiger partial charge in [-0.2, -0.15) is 4.31 Å². The van der Waals surface area contributed by atoms with Gasteiger partial charge in [0.25, 0.3) is 0 Å². The molecule has 1 aliphatic rings. The van der Waals surface area contributed by atoms with Crippen molar-refractivity contribution in [2.75, 3.05) is 13.7 Å². The third-order valence-corrected chi connectivity index (χ3v) is 6.19. The Bertz CT molecular complexity index is 676. The Labute approximate surface area is 134 Å². The normalized spacial score (nSPS) is 23.2. The molecule has 0 aliphatic carbocycles. The molecule has 1 aliphatic heterocycles. The molecule has 6 nitrogen and oxygen atoms in total. The number of carboxylic acids is 1. The fourth-order valence-corrected chi connectivity index (χ4v) is 4.46. The van der Waals surface area contributed by atoms with E-state index in [2.05, 4.69) is 0 Å². The number of piperidine rings is 1. The summed E-state index contributed by atoms with van der Waals surface area (Å²) in [6, 6.07) is 3.96. The third kappa shape index (κ3) is 3.21. The molecule has 0 saturated carbocycles. The molecule has 22 heavy (non-hydrogen) atoms. The number of ether oxygens (including phenoxy) is 1. The second-order valence-corrected chi connectivity index (χ2v) is 7.63. The van der Waals surface area contributed by atoms with Crippen LogP contribution in [0.15, 0.2) is 23.1 Å². The molecular weight excluding hydrogens is 330 g/mol.